The summed E-state index contributed by atoms with van der Waals surface area (Å²) in [5, 5.41) is 8.93. The van der Waals surface area contributed by atoms with E-state index in [0.717, 1.165) is 70.3 Å². The summed E-state index contributed by atoms with van der Waals surface area (Å²) < 4.78 is 2.17. The van der Waals surface area contributed by atoms with E-state index in [1.54, 1.807) is 0 Å². The molecular formula is C17H31N7O. The average Bonchev–Trinajstić information content (AvgIpc) is 2.98. The lowest BCUT2D eigenvalue weighted by molar-refractivity contribution is -0.132. The molecule has 0 radical (unpaired) electrons. The van der Waals surface area contributed by atoms with Crippen LogP contribution >= 0.6 is 0 Å². The zero-order valence-electron chi connectivity index (χ0n) is 15.5. The van der Waals surface area contributed by atoms with Gasteiger partial charge >= 0.3 is 0 Å². The fourth-order valence-electron chi connectivity index (χ4n) is 3.74. The number of carbonyl (C=O) groups is 1. The first-order chi connectivity index (χ1) is 12.1. The number of aromatic nitrogens is 3. The summed E-state index contributed by atoms with van der Waals surface area (Å²) in [7, 11) is 4.25. The predicted octanol–water partition coefficient (Wildman–Crippen LogP) is -0.383. The van der Waals surface area contributed by atoms with Crippen molar-refractivity contribution in [2.24, 2.45) is 12.8 Å². The minimum atomic E-state index is 0.176. The highest BCUT2D eigenvalue weighted by atomic mass is 16.2. The molecule has 0 unspecified atom stereocenters. The van der Waals surface area contributed by atoms with Crippen LogP contribution in [0.25, 0.3) is 0 Å². The highest BCUT2D eigenvalue weighted by Crippen LogP contribution is 2.27. The summed E-state index contributed by atoms with van der Waals surface area (Å²) in [4.78, 5) is 18.7. The maximum absolute atomic E-state index is 12.0. The van der Waals surface area contributed by atoms with Gasteiger partial charge in [-0.1, -0.05) is 0 Å². The quantitative estimate of drug-likeness (QED) is 0.780. The van der Waals surface area contributed by atoms with Crippen LogP contribution in [0.15, 0.2) is 0 Å². The number of likely N-dealkylation sites (tertiary alicyclic amines) is 1. The van der Waals surface area contributed by atoms with Crippen LogP contribution < -0.4 is 5.73 Å². The first-order valence-electron chi connectivity index (χ1n) is 9.35. The van der Waals surface area contributed by atoms with E-state index in [0.29, 0.717) is 18.9 Å². The van der Waals surface area contributed by atoms with E-state index in [2.05, 4.69) is 38.7 Å². The van der Waals surface area contributed by atoms with Gasteiger partial charge in [-0.3, -0.25) is 9.69 Å². The first-order valence-corrected chi connectivity index (χ1v) is 9.35. The molecule has 25 heavy (non-hydrogen) atoms. The van der Waals surface area contributed by atoms with E-state index >= 15 is 0 Å². The number of carbonyl (C=O) groups excluding carboxylic acids is 1. The van der Waals surface area contributed by atoms with Gasteiger partial charge < -0.3 is 20.1 Å². The normalized spacial score (nSPS) is 21.0. The Morgan fingerprint density at radius 1 is 1.08 bits per heavy atom. The number of nitrogens with zero attached hydrogens (tertiary/aromatic N) is 6. The fraction of sp³-hybridized carbons (Fsp3) is 0.824. The molecule has 0 bridgehead atoms. The van der Waals surface area contributed by atoms with E-state index < -0.39 is 0 Å². The van der Waals surface area contributed by atoms with Gasteiger partial charge in [0.1, 0.15) is 11.6 Å². The monoisotopic (exact) mass is 349 g/mol. The van der Waals surface area contributed by atoms with Crippen molar-refractivity contribution >= 4 is 5.91 Å². The van der Waals surface area contributed by atoms with Crippen LogP contribution in [0.5, 0.6) is 0 Å². The molecule has 2 aliphatic rings. The third-order valence-electron chi connectivity index (χ3n) is 5.53. The number of likely N-dealkylation sites (N-methyl/N-ethyl adjacent to an activating group) is 1. The number of nitrogens with two attached hydrogens (primary N) is 1. The second kappa shape index (κ2) is 8.25. The zero-order valence-corrected chi connectivity index (χ0v) is 15.5. The molecule has 140 valence electrons. The summed E-state index contributed by atoms with van der Waals surface area (Å²) in [6, 6.07) is 0. The van der Waals surface area contributed by atoms with Gasteiger partial charge in [0.15, 0.2) is 0 Å². The van der Waals surface area contributed by atoms with Crippen molar-refractivity contribution in [3.05, 3.63) is 11.6 Å². The highest BCUT2D eigenvalue weighted by molar-refractivity contribution is 5.76. The molecular weight excluding hydrogens is 318 g/mol. The van der Waals surface area contributed by atoms with Crippen molar-refractivity contribution in [3.63, 3.8) is 0 Å². The van der Waals surface area contributed by atoms with Crippen LogP contribution in [0.1, 0.15) is 36.8 Å². The molecule has 2 aliphatic heterocycles. The maximum Gasteiger partial charge on any atom is 0.223 e. The Morgan fingerprint density at radius 2 is 1.76 bits per heavy atom. The Morgan fingerprint density at radius 3 is 2.40 bits per heavy atom. The number of rotatable bonds is 5. The molecule has 2 N–H and O–H groups in total. The van der Waals surface area contributed by atoms with Gasteiger partial charge in [0, 0.05) is 65.2 Å². The third-order valence-corrected chi connectivity index (χ3v) is 5.53. The van der Waals surface area contributed by atoms with Crippen LogP contribution in [0, 0.1) is 0 Å². The van der Waals surface area contributed by atoms with Gasteiger partial charge in [-0.15, -0.1) is 10.2 Å². The van der Waals surface area contributed by atoms with Gasteiger partial charge in [-0.05, 0) is 19.9 Å². The summed E-state index contributed by atoms with van der Waals surface area (Å²) in [6.45, 7) is 7.28. The molecule has 1 aromatic rings. The number of piperazine rings is 1. The van der Waals surface area contributed by atoms with Crippen LogP contribution in [-0.4, -0.2) is 88.2 Å². The smallest absolute Gasteiger partial charge is 0.223 e. The summed E-state index contributed by atoms with van der Waals surface area (Å²) in [6.07, 6.45) is 2.36. The Kier molecular flexibility index (Phi) is 6.03. The predicted molar refractivity (Wildman–Crippen MR) is 96.0 cm³/mol. The van der Waals surface area contributed by atoms with E-state index in [1.807, 2.05) is 4.90 Å². The van der Waals surface area contributed by atoms with Gasteiger partial charge in [-0.2, -0.15) is 0 Å². The number of hydrogen-bond donors (Lipinski definition) is 1. The van der Waals surface area contributed by atoms with Crippen LogP contribution in [0.2, 0.25) is 0 Å². The molecule has 8 nitrogen and oxygen atoms in total. The van der Waals surface area contributed by atoms with Gasteiger partial charge in [0.05, 0.1) is 6.54 Å². The average molecular weight is 349 g/mol. The van der Waals surface area contributed by atoms with E-state index in [9.17, 15) is 4.79 Å². The third kappa shape index (κ3) is 4.37. The number of hydrogen-bond acceptors (Lipinski definition) is 6. The van der Waals surface area contributed by atoms with Gasteiger partial charge in [0.25, 0.3) is 0 Å². The topological polar surface area (TPSA) is 83.5 Å². The van der Waals surface area contributed by atoms with Crippen molar-refractivity contribution in [1.29, 1.82) is 0 Å². The van der Waals surface area contributed by atoms with Crippen molar-refractivity contribution in [2.75, 3.05) is 52.9 Å². The molecule has 2 fully saturated rings. The van der Waals surface area contributed by atoms with Crippen molar-refractivity contribution < 1.29 is 4.79 Å². The standard InChI is InChI=1S/C17H31N7O/c1-21-9-11-23(12-10-21)13-15-19-20-17(22(15)2)14-4-7-24(8-5-14)16(25)3-6-18/h14H,3-13,18H2,1-2H3. The minimum Gasteiger partial charge on any atom is -0.343 e. The molecule has 8 heteroatoms. The molecule has 0 aromatic carbocycles. The van der Waals surface area contributed by atoms with Crippen LogP contribution in [0.4, 0.5) is 0 Å². The molecule has 0 spiro atoms. The summed E-state index contributed by atoms with van der Waals surface area (Å²) >= 11 is 0. The summed E-state index contributed by atoms with van der Waals surface area (Å²) in [5.41, 5.74) is 5.49. The summed E-state index contributed by atoms with van der Waals surface area (Å²) in [5.74, 6) is 2.67. The molecule has 0 aliphatic carbocycles. The lowest BCUT2D eigenvalue weighted by atomic mass is 9.95. The van der Waals surface area contributed by atoms with Crippen molar-refractivity contribution in [3.8, 4) is 0 Å². The molecule has 3 heterocycles. The molecule has 1 amide bonds. The lowest BCUT2D eigenvalue weighted by Gasteiger charge is -2.32. The molecule has 1 aromatic heterocycles. The van der Waals surface area contributed by atoms with Crippen molar-refractivity contribution in [2.45, 2.75) is 31.7 Å². The van der Waals surface area contributed by atoms with Gasteiger partial charge in [0.2, 0.25) is 5.91 Å². The Labute approximate surface area is 150 Å². The van der Waals surface area contributed by atoms with Crippen molar-refractivity contribution in [1.82, 2.24) is 29.5 Å². The maximum atomic E-state index is 12.0. The van der Waals surface area contributed by atoms with Crippen LogP contribution in [-0.2, 0) is 18.4 Å². The number of amides is 1. The first kappa shape index (κ1) is 18.3. The Balaban J connectivity index is 1.56. The Hall–Kier alpha value is -1.51. The SMILES string of the molecule is CN1CCN(Cc2nnc(C3CCN(C(=O)CCN)CC3)n2C)CC1. The minimum absolute atomic E-state index is 0.176. The molecule has 0 saturated carbocycles. The van der Waals surface area contributed by atoms with E-state index in [1.165, 1.54) is 0 Å². The largest absolute Gasteiger partial charge is 0.343 e. The fourth-order valence-corrected chi connectivity index (χ4v) is 3.74. The van der Waals surface area contributed by atoms with E-state index in [4.69, 9.17) is 5.73 Å². The lowest BCUT2D eigenvalue weighted by Crippen LogP contribution is -2.44. The Bertz CT molecular complexity index is 572. The molecule has 3 rings (SSSR count). The van der Waals surface area contributed by atoms with E-state index in [-0.39, 0.29) is 5.91 Å². The second-order valence-electron chi connectivity index (χ2n) is 7.31. The number of piperidine rings is 1. The molecule has 0 atom stereocenters. The second-order valence-corrected chi connectivity index (χ2v) is 7.31. The molecule has 2 saturated heterocycles. The zero-order chi connectivity index (χ0) is 17.8. The highest BCUT2D eigenvalue weighted by Gasteiger charge is 2.27. The van der Waals surface area contributed by atoms with Gasteiger partial charge in [-0.25, -0.2) is 0 Å². The van der Waals surface area contributed by atoms with Crippen LogP contribution in [0.3, 0.4) is 0 Å².